The number of anilines is 1. The van der Waals surface area contributed by atoms with Gasteiger partial charge in [-0.25, -0.2) is 13.2 Å². The maximum Gasteiger partial charge on any atom is 0.299 e. The van der Waals surface area contributed by atoms with E-state index in [1.165, 1.54) is 6.07 Å². The van der Waals surface area contributed by atoms with Crippen molar-refractivity contribution in [1.29, 1.82) is 0 Å². The highest BCUT2D eigenvalue weighted by molar-refractivity contribution is 6.02. The van der Waals surface area contributed by atoms with E-state index in [-0.39, 0.29) is 30.3 Å². The number of halogens is 3. The van der Waals surface area contributed by atoms with Gasteiger partial charge in [0, 0.05) is 17.4 Å². The first-order valence-corrected chi connectivity index (χ1v) is 10.1. The molecule has 0 saturated heterocycles. The van der Waals surface area contributed by atoms with Crippen molar-refractivity contribution in [2.45, 2.75) is 37.1 Å². The Bertz CT molecular complexity index is 1060. The molecule has 1 aliphatic carbocycles. The Hall–Kier alpha value is -3.47. The van der Waals surface area contributed by atoms with Gasteiger partial charge in [0.05, 0.1) is 0 Å². The minimum atomic E-state index is -3.52. The van der Waals surface area contributed by atoms with Crippen molar-refractivity contribution in [1.82, 2.24) is 4.98 Å². The van der Waals surface area contributed by atoms with Crippen LogP contribution >= 0.6 is 0 Å². The molecule has 0 bridgehead atoms. The number of carboxylic acid groups (broad SMARTS) is 1. The minimum absolute atomic E-state index is 0.139. The molecule has 2 aliphatic rings. The summed E-state index contributed by atoms with van der Waals surface area (Å²) in [6.45, 7) is -0.385. The smallest absolute Gasteiger partial charge is 0.299 e. The van der Waals surface area contributed by atoms with E-state index in [1.807, 2.05) is 6.07 Å². The maximum absolute atomic E-state index is 14.8. The van der Waals surface area contributed by atoms with E-state index in [0.29, 0.717) is 5.92 Å². The minimum Gasteiger partial charge on any atom is -0.483 e. The fourth-order valence-electron chi connectivity index (χ4n) is 3.45. The van der Waals surface area contributed by atoms with Crippen LogP contribution < -0.4 is 11.1 Å². The number of amides is 1. The van der Waals surface area contributed by atoms with Gasteiger partial charge in [-0.3, -0.25) is 19.6 Å². The third-order valence-corrected chi connectivity index (χ3v) is 5.43. The predicted molar refractivity (Wildman–Crippen MR) is 114 cm³/mol. The number of amidine groups is 1. The Kier molecular flexibility index (Phi) is 7.01. The van der Waals surface area contributed by atoms with Crippen molar-refractivity contribution in [3.05, 3.63) is 59.2 Å². The number of rotatable bonds is 4. The number of nitrogens with two attached hydrogens (primary N) is 1. The SMILES string of the molecule is C[C@]1(c2cc(NC(=O)c3ccc(C4CC4)cn3)ccc2F)N=C(N)COCC1(F)F.O=CO. The Labute approximate surface area is 187 Å². The molecule has 1 aromatic heterocycles. The molecule has 0 radical (unpaired) electrons. The van der Waals surface area contributed by atoms with Gasteiger partial charge in [0.2, 0.25) is 0 Å². The Balaban J connectivity index is 0.000000968. The molecule has 176 valence electrons. The summed E-state index contributed by atoms with van der Waals surface area (Å²) < 4.78 is 49.0. The summed E-state index contributed by atoms with van der Waals surface area (Å²) in [5.41, 5.74) is 4.35. The summed E-state index contributed by atoms with van der Waals surface area (Å²) in [5, 5.41) is 9.47. The molecule has 1 atom stereocenters. The van der Waals surface area contributed by atoms with Crippen LogP contribution in [0, 0.1) is 5.82 Å². The Morgan fingerprint density at radius 2 is 2.00 bits per heavy atom. The summed E-state index contributed by atoms with van der Waals surface area (Å²) in [6.07, 6.45) is 3.90. The van der Waals surface area contributed by atoms with E-state index in [1.54, 1.807) is 12.3 Å². The Morgan fingerprint density at radius 1 is 1.30 bits per heavy atom. The maximum atomic E-state index is 14.8. The van der Waals surface area contributed by atoms with E-state index in [0.717, 1.165) is 37.5 Å². The van der Waals surface area contributed by atoms with Crippen LogP contribution in [-0.2, 0) is 15.1 Å². The van der Waals surface area contributed by atoms with Crippen LogP contribution in [0.25, 0.3) is 0 Å². The summed E-state index contributed by atoms with van der Waals surface area (Å²) >= 11 is 0. The lowest BCUT2D eigenvalue weighted by atomic mass is 9.85. The highest BCUT2D eigenvalue weighted by Crippen LogP contribution is 2.44. The first kappa shape index (κ1) is 24.2. The van der Waals surface area contributed by atoms with Crippen LogP contribution in [0.1, 0.15) is 47.3 Å². The van der Waals surface area contributed by atoms with Crippen LogP contribution in [0.5, 0.6) is 0 Å². The van der Waals surface area contributed by atoms with Crippen molar-refractivity contribution in [2.75, 3.05) is 18.5 Å². The zero-order valence-corrected chi connectivity index (χ0v) is 17.7. The van der Waals surface area contributed by atoms with E-state index < -0.39 is 35.4 Å². The number of aromatic nitrogens is 1. The molecule has 1 aromatic carbocycles. The summed E-state index contributed by atoms with van der Waals surface area (Å²) in [4.78, 5) is 28.9. The molecule has 1 fully saturated rings. The normalized spacial score (nSPS) is 21.6. The molecule has 8 nitrogen and oxygen atoms in total. The number of alkyl halides is 2. The first-order valence-electron chi connectivity index (χ1n) is 10.1. The van der Waals surface area contributed by atoms with Gasteiger partial charge in [-0.15, -0.1) is 0 Å². The van der Waals surface area contributed by atoms with Gasteiger partial charge in [-0.2, -0.15) is 0 Å². The van der Waals surface area contributed by atoms with Crippen molar-refractivity contribution < 1.29 is 32.6 Å². The molecule has 4 N–H and O–H groups in total. The van der Waals surface area contributed by atoms with Gasteiger partial charge < -0.3 is 20.9 Å². The van der Waals surface area contributed by atoms with Crippen molar-refractivity contribution >= 4 is 23.9 Å². The quantitative estimate of drug-likeness (QED) is 0.596. The number of hydrogen-bond donors (Lipinski definition) is 3. The van der Waals surface area contributed by atoms with E-state index in [9.17, 15) is 18.0 Å². The van der Waals surface area contributed by atoms with Gasteiger partial charge in [0.15, 0.2) is 5.54 Å². The summed E-state index contributed by atoms with van der Waals surface area (Å²) in [7, 11) is 0. The molecule has 4 rings (SSSR count). The number of hydrogen-bond acceptors (Lipinski definition) is 6. The molecule has 2 aromatic rings. The molecule has 0 spiro atoms. The second-order valence-corrected chi connectivity index (χ2v) is 7.88. The third kappa shape index (κ3) is 5.30. The molecule has 1 amide bonds. The molecule has 0 unspecified atom stereocenters. The van der Waals surface area contributed by atoms with E-state index >= 15 is 0 Å². The Morgan fingerprint density at radius 3 is 2.61 bits per heavy atom. The van der Waals surface area contributed by atoms with Crippen LogP contribution in [0.3, 0.4) is 0 Å². The average molecular weight is 464 g/mol. The van der Waals surface area contributed by atoms with E-state index in [2.05, 4.69) is 15.3 Å². The monoisotopic (exact) mass is 464 g/mol. The third-order valence-electron chi connectivity index (χ3n) is 5.43. The molecule has 1 saturated carbocycles. The molecule has 33 heavy (non-hydrogen) atoms. The predicted octanol–water partition coefficient (Wildman–Crippen LogP) is 3.29. The van der Waals surface area contributed by atoms with Crippen LogP contribution in [-0.4, -0.2) is 47.4 Å². The second-order valence-electron chi connectivity index (χ2n) is 7.88. The molecule has 11 heteroatoms. The summed E-state index contributed by atoms with van der Waals surface area (Å²) in [6, 6.07) is 6.89. The average Bonchev–Trinajstić information content (AvgIpc) is 3.61. The van der Waals surface area contributed by atoms with Crippen molar-refractivity contribution in [3.8, 4) is 0 Å². The number of carbonyl (C=O) groups is 2. The fourth-order valence-corrected chi connectivity index (χ4v) is 3.45. The number of pyridine rings is 1. The van der Waals surface area contributed by atoms with Gasteiger partial charge in [-0.1, -0.05) is 6.07 Å². The molecule has 2 heterocycles. The van der Waals surface area contributed by atoms with Crippen LogP contribution in [0.2, 0.25) is 0 Å². The lowest BCUT2D eigenvalue weighted by Gasteiger charge is -2.33. The number of carbonyl (C=O) groups excluding carboxylic acids is 1. The van der Waals surface area contributed by atoms with Crippen molar-refractivity contribution in [2.24, 2.45) is 10.7 Å². The highest BCUT2D eigenvalue weighted by Gasteiger charge is 2.54. The number of aliphatic imine (C=N–C) groups is 1. The topological polar surface area (TPSA) is 127 Å². The van der Waals surface area contributed by atoms with Gasteiger partial charge >= 0.3 is 0 Å². The lowest BCUT2D eigenvalue weighted by molar-refractivity contribution is -0.122. The molecular formula is C22H23F3N4O4. The first-order chi connectivity index (χ1) is 15.6. The zero-order valence-electron chi connectivity index (χ0n) is 17.7. The lowest BCUT2D eigenvalue weighted by Crippen LogP contribution is -2.45. The van der Waals surface area contributed by atoms with Gasteiger partial charge in [0.1, 0.15) is 30.6 Å². The van der Waals surface area contributed by atoms with Crippen molar-refractivity contribution in [3.63, 3.8) is 0 Å². The fraction of sp³-hybridized carbons (Fsp3) is 0.364. The summed E-state index contributed by atoms with van der Waals surface area (Å²) in [5.74, 6) is -4.59. The largest absolute Gasteiger partial charge is 0.483 e. The molecule has 1 aliphatic heterocycles. The van der Waals surface area contributed by atoms with E-state index in [4.69, 9.17) is 20.4 Å². The highest BCUT2D eigenvalue weighted by atomic mass is 19.3. The van der Waals surface area contributed by atoms with Gasteiger partial charge in [-0.05, 0) is 55.5 Å². The number of benzene rings is 1. The molecular weight excluding hydrogens is 441 g/mol. The second kappa shape index (κ2) is 9.57. The number of nitrogens with one attached hydrogen (secondary N) is 1. The van der Waals surface area contributed by atoms with Gasteiger partial charge in [0.25, 0.3) is 18.3 Å². The van der Waals surface area contributed by atoms with Crippen LogP contribution in [0.15, 0.2) is 41.5 Å². The van der Waals surface area contributed by atoms with Crippen LogP contribution in [0.4, 0.5) is 18.9 Å². The number of nitrogens with zero attached hydrogens (tertiary/aromatic N) is 2. The standard InChI is InChI=1S/C21H21F3N4O2.CH2O2/c1-20(21(23,24)11-30-10-18(25)28-20)15-8-14(5-6-16(15)22)27-19(29)17-7-4-13(9-26-17)12-2-3-12;2-1-3/h4-9,12H,2-3,10-11H2,1H3,(H2,25,28)(H,27,29);1H,(H,2,3)/t20-;/m1./s1. The number of ether oxygens (including phenoxy) is 1. The zero-order chi connectivity index (χ0) is 24.2.